The Balaban J connectivity index is 2.57. The molecule has 0 aliphatic heterocycles. The van der Waals surface area contributed by atoms with E-state index in [0.29, 0.717) is 17.7 Å². The van der Waals surface area contributed by atoms with E-state index < -0.39 is 0 Å². The SMILES string of the molecule is C#CC(CC)NC(=O)Nc1ccc(C#N)cc1. The van der Waals surface area contributed by atoms with Gasteiger partial charge in [0.25, 0.3) is 0 Å². The fourth-order valence-electron chi connectivity index (χ4n) is 1.22. The van der Waals surface area contributed by atoms with E-state index in [9.17, 15) is 4.79 Å². The summed E-state index contributed by atoms with van der Waals surface area (Å²) in [4.78, 5) is 11.5. The molecule has 0 radical (unpaired) electrons. The standard InChI is InChI=1S/C13H13N3O/c1-3-11(4-2)15-13(17)16-12-7-5-10(9-14)6-8-12/h1,5-8,11H,4H2,2H3,(H2,15,16,17). The van der Waals surface area contributed by atoms with Crippen molar-refractivity contribution in [3.63, 3.8) is 0 Å². The second-order valence-corrected chi connectivity index (χ2v) is 3.42. The minimum absolute atomic E-state index is 0.270. The number of nitriles is 1. The summed E-state index contributed by atoms with van der Waals surface area (Å²) in [5, 5.41) is 13.9. The molecule has 0 bridgehead atoms. The average Bonchev–Trinajstić information content (AvgIpc) is 2.37. The molecule has 0 fully saturated rings. The highest BCUT2D eigenvalue weighted by molar-refractivity contribution is 5.89. The van der Waals surface area contributed by atoms with E-state index in [4.69, 9.17) is 11.7 Å². The van der Waals surface area contributed by atoms with Crippen molar-refractivity contribution in [1.82, 2.24) is 5.32 Å². The van der Waals surface area contributed by atoms with Crippen LogP contribution in [0.4, 0.5) is 10.5 Å². The van der Waals surface area contributed by atoms with Crippen molar-refractivity contribution in [2.24, 2.45) is 0 Å². The highest BCUT2D eigenvalue weighted by atomic mass is 16.2. The van der Waals surface area contributed by atoms with Gasteiger partial charge in [-0.15, -0.1) is 6.42 Å². The molecular weight excluding hydrogens is 214 g/mol. The van der Waals surface area contributed by atoms with Gasteiger partial charge in [0.15, 0.2) is 0 Å². The molecule has 0 aliphatic carbocycles. The first-order valence-corrected chi connectivity index (χ1v) is 5.23. The number of carbonyl (C=O) groups is 1. The monoisotopic (exact) mass is 227 g/mol. The molecule has 1 rings (SSSR count). The molecule has 4 nitrogen and oxygen atoms in total. The molecule has 1 atom stereocenters. The first kappa shape index (κ1) is 12.6. The highest BCUT2D eigenvalue weighted by Crippen LogP contribution is 2.08. The second kappa shape index (κ2) is 6.19. The Morgan fingerprint density at radius 3 is 2.59 bits per heavy atom. The number of benzene rings is 1. The number of amides is 2. The Hall–Kier alpha value is -2.46. The van der Waals surface area contributed by atoms with Gasteiger partial charge < -0.3 is 10.6 Å². The van der Waals surface area contributed by atoms with E-state index in [0.717, 1.165) is 0 Å². The smallest absolute Gasteiger partial charge is 0.320 e. The zero-order valence-corrected chi connectivity index (χ0v) is 9.53. The summed E-state index contributed by atoms with van der Waals surface area (Å²) in [6.45, 7) is 1.90. The molecule has 1 aromatic carbocycles. The fourth-order valence-corrected chi connectivity index (χ4v) is 1.22. The molecule has 4 heteroatoms. The van der Waals surface area contributed by atoms with Crippen molar-refractivity contribution < 1.29 is 4.79 Å². The van der Waals surface area contributed by atoms with Crippen LogP contribution in [0, 0.1) is 23.7 Å². The first-order chi connectivity index (χ1) is 8.19. The van der Waals surface area contributed by atoms with Crippen LogP contribution in [0.25, 0.3) is 0 Å². The third kappa shape index (κ3) is 3.89. The molecule has 0 heterocycles. The van der Waals surface area contributed by atoms with Gasteiger partial charge >= 0.3 is 6.03 Å². The quantitative estimate of drug-likeness (QED) is 0.776. The van der Waals surface area contributed by atoms with Gasteiger partial charge in [-0.1, -0.05) is 12.8 Å². The van der Waals surface area contributed by atoms with Crippen LogP contribution in [-0.2, 0) is 0 Å². The zero-order valence-electron chi connectivity index (χ0n) is 9.53. The van der Waals surface area contributed by atoms with Crippen molar-refractivity contribution >= 4 is 11.7 Å². The lowest BCUT2D eigenvalue weighted by Crippen LogP contribution is -2.36. The topological polar surface area (TPSA) is 64.9 Å². The lowest BCUT2D eigenvalue weighted by atomic mass is 10.2. The summed E-state index contributed by atoms with van der Waals surface area (Å²) in [5.74, 6) is 2.47. The number of hydrogen-bond donors (Lipinski definition) is 2. The highest BCUT2D eigenvalue weighted by Gasteiger charge is 2.06. The van der Waals surface area contributed by atoms with E-state index in [1.807, 2.05) is 13.0 Å². The van der Waals surface area contributed by atoms with Crippen LogP contribution in [0.2, 0.25) is 0 Å². The number of nitrogens with zero attached hydrogens (tertiary/aromatic N) is 1. The summed E-state index contributed by atoms with van der Waals surface area (Å²) in [5.41, 5.74) is 1.17. The predicted molar refractivity (Wildman–Crippen MR) is 66.2 cm³/mol. The van der Waals surface area contributed by atoms with Crippen molar-refractivity contribution in [1.29, 1.82) is 5.26 Å². The molecule has 86 valence electrons. The number of anilines is 1. The Labute approximate surface area is 101 Å². The van der Waals surface area contributed by atoms with Crippen molar-refractivity contribution in [2.75, 3.05) is 5.32 Å². The van der Waals surface area contributed by atoms with Gasteiger partial charge in [0.1, 0.15) is 0 Å². The van der Waals surface area contributed by atoms with E-state index in [-0.39, 0.29) is 12.1 Å². The zero-order chi connectivity index (χ0) is 12.7. The molecule has 0 saturated heterocycles. The van der Waals surface area contributed by atoms with E-state index in [1.165, 1.54) is 0 Å². The fraction of sp³-hybridized carbons (Fsp3) is 0.231. The average molecular weight is 227 g/mol. The summed E-state index contributed by atoms with van der Waals surface area (Å²) in [6, 6.07) is 7.97. The number of terminal acetylenes is 1. The Morgan fingerprint density at radius 1 is 1.47 bits per heavy atom. The third-order valence-corrected chi connectivity index (χ3v) is 2.19. The van der Waals surface area contributed by atoms with Crippen LogP contribution in [0.1, 0.15) is 18.9 Å². The van der Waals surface area contributed by atoms with Crippen LogP contribution >= 0.6 is 0 Å². The largest absolute Gasteiger partial charge is 0.324 e. The maximum absolute atomic E-state index is 11.5. The lowest BCUT2D eigenvalue weighted by molar-refractivity contribution is 0.250. The summed E-state index contributed by atoms with van der Waals surface area (Å²) in [6.07, 6.45) is 5.91. The Morgan fingerprint density at radius 2 is 2.12 bits per heavy atom. The first-order valence-electron chi connectivity index (χ1n) is 5.23. The minimum Gasteiger partial charge on any atom is -0.324 e. The molecule has 0 spiro atoms. The molecule has 2 N–H and O–H groups in total. The maximum Gasteiger partial charge on any atom is 0.320 e. The van der Waals surface area contributed by atoms with E-state index in [2.05, 4.69) is 16.6 Å². The van der Waals surface area contributed by atoms with E-state index >= 15 is 0 Å². The van der Waals surface area contributed by atoms with Crippen LogP contribution in [0.5, 0.6) is 0 Å². The lowest BCUT2D eigenvalue weighted by Gasteiger charge is -2.11. The van der Waals surface area contributed by atoms with Crippen LogP contribution in [0.3, 0.4) is 0 Å². The van der Waals surface area contributed by atoms with Crippen LogP contribution in [-0.4, -0.2) is 12.1 Å². The number of urea groups is 1. The predicted octanol–water partition coefficient (Wildman–Crippen LogP) is 2.09. The molecule has 1 unspecified atom stereocenters. The maximum atomic E-state index is 11.5. The molecule has 0 aromatic heterocycles. The van der Waals surface area contributed by atoms with Crippen LogP contribution in [0.15, 0.2) is 24.3 Å². The number of rotatable bonds is 3. The second-order valence-electron chi connectivity index (χ2n) is 3.42. The molecule has 2 amide bonds. The summed E-state index contributed by atoms with van der Waals surface area (Å²) >= 11 is 0. The van der Waals surface area contributed by atoms with Gasteiger partial charge in [0.2, 0.25) is 0 Å². The number of hydrogen-bond acceptors (Lipinski definition) is 2. The van der Waals surface area contributed by atoms with Gasteiger partial charge in [-0.05, 0) is 30.7 Å². The van der Waals surface area contributed by atoms with Crippen molar-refractivity contribution in [2.45, 2.75) is 19.4 Å². The molecular formula is C13H13N3O. The number of carbonyl (C=O) groups excluding carboxylic acids is 1. The third-order valence-electron chi connectivity index (χ3n) is 2.19. The van der Waals surface area contributed by atoms with Gasteiger partial charge in [0, 0.05) is 5.69 Å². The summed E-state index contributed by atoms with van der Waals surface area (Å²) < 4.78 is 0. The molecule has 0 saturated carbocycles. The Bertz CT molecular complexity index is 465. The Kier molecular flexibility index (Phi) is 4.59. The van der Waals surface area contributed by atoms with Gasteiger partial charge in [-0.25, -0.2) is 4.79 Å². The molecule has 0 aliphatic rings. The number of nitrogens with one attached hydrogen (secondary N) is 2. The van der Waals surface area contributed by atoms with Gasteiger partial charge in [-0.3, -0.25) is 0 Å². The minimum atomic E-state index is -0.348. The van der Waals surface area contributed by atoms with Crippen LogP contribution < -0.4 is 10.6 Å². The van der Waals surface area contributed by atoms with Crippen molar-refractivity contribution in [3.8, 4) is 18.4 Å². The van der Waals surface area contributed by atoms with Crippen molar-refractivity contribution in [3.05, 3.63) is 29.8 Å². The van der Waals surface area contributed by atoms with E-state index in [1.54, 1.807) is 24.3 Å². The molecule has 17 heavy (non-hydrogen) atoms. The normalized spacial score (nSPS) is 10.8. The molecule has 1 aromatic rings. The van der Waals surface area contributed by atoms with Gasteiger partial charge in [-0.2, -0.15) is 5.26 Å². The summed E-state index contributed by atoms with van der Waals surface area (Å²) in [7, 11) is 0. The van der Waals surface area contributed by atoms with Gasteiger partial charge in [0.05, 0.1) is 17.7 Å².